The number of amides is 2. The average molecular weight is 557 g/mol. The number of nitrogens with one attached hydrogen (secondary N) is 2. The highest BCUT2D eigenvalue weighted by Crippen LogP contribution is 2.23. The molecule has 0 aliphatic carbocycles. The molecule has 0 bridgehead atoms. The molecule has 1 heterocycles. The van der Waals surface area contributed by atoms with Gasteiger partial charge in [0, 0.05) is 23.4 Å². The fourth-order valence-corrected chi connectivity index (χ4v) is 4.82. The fraction of sp³-hybridized carbons (Fsp3) is 0.345. The van der Waals surface area contributed by atoms with Gasteiger partial charge in [-0.3, -0.25) is 9.59 Å². The minimum atomic E-state index is -0.746. The lowest BCUT2D eigenvalue weighted by Gasteiger charge is -2.28. The highest BCUT2D eigenvalue weighted by Gasteiger charge is 2.29. The highest BCUT2D eigenvalue weighted by molar-refractivity contribution is 7.99. The second kappa shape index (κ2) is 15.2. The molecule has 0 aliphatic heterocycles. The molecule has 202 valence electrons. The number of furan rings is 1. The van der Waals surface area contributed by atoms with Gasteiger partial charge in [-0.05, 0) is 54.3 Å². The van der Waals surface area contributed by atoms with Crippen LogP contribution in [0.5, 0.6) is 0 Å². The molecule has 2 amide bonds. The van der Waals surface area contributed by atoms with Crippen molar-refractivity contribution in [1.82, 2.24) is 10.6 Å². The Balaban J connectivity index is 1.78. The number of rotatable bonds is 14. The number of alkyl carbamates (subject to hydrolysis) is 1. The van der Waals surface area contributed by atoms with Gasteiger partial charge in [0.15, 0.2) is 5.78 Å². The van der Waals surface area contributed by atoms with Gasteiger partial charge in [-0.2, -0.15) is 0 Å². The SMILES string of the molecule is CC(C)CCC(=O)N[C@@H](SCc1ccco1)C(CC(=O)c1ccc(Cl)cc1)NC(=O)OCc1ccccc1. The van der Waals surface area contributed by atoms with Crippen LogP contribution in [0.25, 0.3) is 0 Å². The summed E-state index contributed by atoms with van der Waals surface area (Å²) in [6.07, 6.45) is 1.91. The smallest absolute Gasteiger partial charge is 0.407 e. The van der Waals surface area contributed by atoms with E-state index in [0.29, 0.717) is 34.4 Å². The maximum Gasteiger partial charge on any atom is 0.407 e. The topological polar surface area (TPSA) is 97.6 Å². The van der Waals surface area contributed by atoms with Crippen molar-refractivity contribution in [3.8, 4) is 0 Å². The van der Waals surface area contributed by atoms with Gasteiger partial charge in [0.25, 0.3) is 0 Å². The lowest BCUT2D eigenvalue weighted by Crippen LogP contribution is -2.51. The summed E-state index contributed by atoms with van der Waals surface area (Å²) in [5, 5.41) is 5.75. The number of halogens is 1. The van der Waals surface area contributed by atoms with Crippen molar-refractivity contribution in [1.29, 1.82) is 0 Å². The van der Waals surface area contributed by atoms with Crippen molar-refractivity contribution in [2.45, 2.75) is 56.9 Å². The number of ketones is 1. The summed E-state index contributed by atoms with van der Waals surface area (Å²) >= 11 is 7.36. The summed E-state index contributed by atoms with van der Waals surface area (Å²) < 4.78 is 10.9. The van der Waals surface area contributed by atoms with Crippen LogP contribution in [0.15, 0.2) is 77.4 Å². The van der Waals surface area contributed by atoms with Crippen LogP contribution in [0, 0.1) is 5.92 Å². The predicted molar refractivity (Wildman–Crippen MR) is 150 cm³/mol. The molecule has 0 saturated heterocycles. The molecule has 38 heavy (non-hydrogen) atoms. The maximum atomic E-state index is 13.2. The van der Waals surface area contributed by atoms with Crippen molar-refractivity contribution in [3.05, 3.63) is 94.9 Å². The largest absolute Gasteiger partial charge is 0.468 e. The van der Waals surface area contributed by atoms with Gasteiger partial charge in [0.2, 0.25) is 5.91 Å². The molecule has 2 aromatic carbocycles. The zero-order valence-corrected chi connectivity index (χ0v) is 23.1. The molecule has 2 atom stereocenters. The molecule has 0 aliphatic rings. The lowest BCUT2D eigenvalue weighted by atomic mass is 10.0. The third kappa shape index (κ3) is 10.3. The molecule has 0 fully saturated rings. The Kier molecular flexibility index (Phi) is 11.8. The van der Waals surface area contributed by atoms with Gasteiger partial charge in [-0.15, -0.1) is 11.8 Å². The Morgan fingerprint density at radius 2 is 1.71 bits per heavy atom. The van der Waals surface area contributed by atoms with Crippen LogP contribution in [0.4, 0.5) is 4.79 Å². The molecule has 9 heteroatoms. The number of hydrogen-bond acceptors (Lipinski definition) is 6. The zero-order chi connectivity index (χ0) is 27.3. The van der Waals surface area contributed by atoms with Gasteiger partial charge < -0.3 is 19.8 Å². The van der Waals surface area contributed by atoms with Crippen LogP contribution >= 0.6 is 23.4 Å². The van der Waals surface area contributed by atoms with Crippen molar-refractivity contribution >= 4 is 41.1 Å². The minimum Gasteiger partial charge on any atom is -0.468 e. The fourth-order valence-electron chi connectivity index (χ4n) is 3.58. The summed E-state index contributed by atoms with van der Waals surface area (Å²) in [7, 11) is 0. The Morgan fingerprint density at radius 3 is 2.37 bits per heavy atom. The molecule has 7 nitrogen and oxygen atoms in total. The first kappa shape index (κ1) is 29.3. The van der Waals surface area contributed by atoms with Crippen LogP contribution in [0.3, 0.4) is 0 Å². The quantitative estimate of drug-likeness (QED) is 0.171. The summed E-state index contributed by atoms with van der Waals surface area (Å²) in [6, 6.07) is 18.7. The van der Waals surface area contributed by atoms with Crippen molar-refractivity contribution < 1.29 is 23.5 Å². The van der Waals surface area contributed by atoms with Crippen molar-refractivity contribution in [2.75, 3.05) is 0 Å². The molecule has 0 spiro atoms. The summed E-state index contributed by atoms with van der Waals surface area (Å²) in [5.74, 6) is 1.16. The van der Waals surface area contributed by atoms with Gasteiger partial charge in [-0.1, -0.05) is 55.8 Å². The second-order valence-electron chi connectivity index (χ2n) is 9.26. The number of Topliss-reactive ketones (excluding diaryl/α,β-unsaturated/α-hetero) is 1. The van der Waals surface area contributed by atoms with Crippen LogP contribution in [-0.4, -0.2) is 29.2 Å². The molecular weight excluding hydrogens is 524 g/mol. The van der Waals surface area contributed by atoms with Gasteiger partial charge in [0.1, 0.15) is 12.4 Å². The average Bonchev–Trinajstić information content (AvgIpc) is 3.43. The molecule has 3 rings (SSSR count). The standard InChI is InChI=1S/C29H33ClN2O5S/c1-20(2)10-15-27(34)32-28(38-19-24-9-6-16-36-24)25(17-26(33)22-11-13-23(30)14-12-22)31-29(35)37-18-21-7-4-3-5-8-21/h3-9,11-14,16,20,25,28H,10,15,17-19H2,1-2H3,(H,31,35)(H,32,34)/t25?,28-/m0/s1. The van der Waals surface area contributed by atoms with E-state index >= 15 is 0 Å². The van der Waals surface area contributed by atoms with Gasteiger partial charge >= 0.3 is 6.09 Å². The molecule has 3 aromatic rings. The van der Waals surface area contributed by atoms with Crippen LogP contribution in [0.2, 0.25) is 5.02 Å². The Hall–Kier alpha value is -3.23. The van der Waals surface area contributed by atoms with E-state index in [-0.39, 0.29) is 24.7 Å². The third-order valence-corrected chi connectivity index (χ3v) is 7.20. The molecule has 1 aromatic heterocycles. The van der Waals surface area contributed by atoms with E-state index in [0.717, 1.165) is 12.0 Å². The minimum absolute atomic E-state index is 0.0532. The number of carbonyl (C=O) groups is 3. The zero-order valence-electron chi connectivity index (χ0n) is 21.5. The van der Waals surface area contributed by atoms with E-state index in [2.05, 4.69) is 10.6 Å². The highest BCUT2D eigenvalue weighted by atomic mass is 35.5. The number of ether oxygens (including phenoxy) is 1. The number of carbonyl (C=O) groups excluding carboxylic acids is 3. The Bertz CT molecular complexity index is 1150. The number of hydrogen-bond donors (Lipinski definition) is 2. The first-order chi connectivity index (χ1) is 18.3. The molecular formula is C29H33ClN2O5S. The van der Waals surface area contributed by atoms with E-state index in [1.54, 1.807) is 36.6 Å². The monoisotopic (exact) mass is 556 g/mol. The molecule has 2 N–H and O–H groups in total. The third-order valence-electron chi connectivity index (χ3n) is 5.69. The van der Waals surface area contributed by atoms with Crippen LogP contribution in [0.1, 0.15) is 54.8 Å². The lowest BCUT2D eigenvalue weighted by molar-refractivity contribution is -0.121. The van der Waals surface area contributed by atoms with E-state index in [4.69, 9.17) is 20.8 Å². The maximum absolute atomic E-state index is 13.2. The summed E-state index contributed by atoms with van der Waals surface area (Å²) in [4.78, 5) is 38.8. The molecule has 1 unspecified atom stereocenters. The predicted octanol–water partition coefficient (Wildman–Crippen LogP) is 6.61. The number of thioether (sulfide) groups is 1. The summed E-state index contributed by atoms with van der Waals surface area (Å²) in [6.45, 7) is 4.18. The van der Waals surface area contributed by atoms with Crippen molar-refractivity contribution in [2.24, 2.45) is 5.92 Å². The van der Waals surface area contributed by atoms with Crippen LogP contribution < -0.4 is 10.6 Å². The van der Waals surface area contributed by atoms with E-state index in [1.165, 1.54) is 11.8 Å². The number of benzene rings is 2. The van der Waals surface area contributed by atoms with Crippen LogP contribution in [-0.2, 0) is 21.9 Å². The summed E-state index contributed by atoms with van der Waals surface area (Å²) in [5.41, 5.74) is 1.29. The molecule has 0 saturated carbocycles. The first-order valence-electron chi connectivity index (χ1n) is 12.5. The Morgan fingerprint density at radius 1 is 0.974 bits per heavy atom. The van der Waals surface area contributed by atoms with Crippen molar-refractivity contribution in [3.63, 3.8) is 0 Å². The normalized spacial score (nSPS) is 12.5. The van der Waals surface area contributed by atoms with E-state index < -0.39 is 17.5 Å². The van der Waals surface area contributed by atoms with E-state index in [1.807, 2.05) is 50.2 Å². The first-order valence-corrected chi connectivity index (χ1v) is 13.9. The second-order valence-corrected chi connectivity index (χ2v) is 10.8. The van der Waals surface area contributed by atoms with Gasteiger partial charge in [-0.25, -0.2) is 4.79 Å². The van der Waals surface area contributed by atoms with Gasteiger partial charge in [0.05, 0.1) is 23.4 Å². The Labute approximate surface area is 232 Å². The van der Waals surface area contributed by atoms with E-state index in [9.17, 15) is 14.4 Å². The molecule has 0 radical (unpaired) electrons.